The number of hydrogen-bond donors (Lipinski definition) is 4. The Morgan fingerprint density at radius 2 is 1.14 bits per heavy atom. The second-order valence-corrected chi connectivity index (χ2v) is 28.6. The van der Waals surface area contributed by atoms with Gasteiger partial charge in [0.05, 0.1) is 98.3 Å². The van der Waals surface area contributed by atoms with E-state index in [1.165, 1.54) is 25.3 Å². The maximum Gasteiger partial charge on any atom is 0.335 e. The molecule has 91 heavy (non-hydrogen) atoms. The molecule has 2 atom stereocenters. The molecule has 4 N–H and O–H groups in total. The molecule has 3 aliphatic heterocycles. The summed E-state index contributed by atoms with van der Waals surface area (Å²) in [4.78, 5) is 39.2. The van der Waals surface area contributed by atoms with Crippen molar-refractivity contribution in [2.24, 2.45) is 0 Å². The van der Waals surface area contributed by atoms with Crippen LogP contribution in [0, 0.1) is 0 Å². The standard InChI is InChI=1S/C57H71N3O26S5/c1-56(18-8-34-87(64,65)66)49(58(20-24-79-3)45-13-11-41-43(54(45)56)35-39(88(67,68)69)37-47(41)90(73,74)75)9-6-5-7-10-50-57(2,19-23-82-29-31-85-33-32-84-27-26-80-4)55-44-36-40(89(70,71)72)38-48(91(76,77)78)42(44)12-14-46(55)59(50)21-25-83-30-28-81-22-17-53(63)86-60-51(61)15-16-52(60)62/h5-7,9-14,35-38H,8,15-34H2,1-4H3,(H4-,64,65,66,67,68,69,70,71,72,73,74,75,76,77,78). The molecule has 3 heterocycles. The van der Waals surface area contributed by atoms with Gasteiger partial charge in [-0.05, 0) is 97.3 Å². The highest BCUT2D eigenvalue weighted by Gasteiger charge is 2.50. The summed E-state index contributed by atoms with van der Waals surface area (Å²) in [6, 6.07) is 9.04. The predicted molar refractivity (Wildman–Crippen MR) is 323 cm³/mol. The first-order valence-corrected chi connectivity index (χ1v) is 35.6. The number of ether oxygens (including phenoxy) is 7. The second-order valence-electron chi connectivity index (χ2n) is 21.5. The van der Waals surface area contributed by atoms with Gasteiger partial charge in [0.15, 0.2) is 12.3 Å². The van der Waals surface area contributed by atoms with Crippen LogP contribution < -0.4 is 4.90 Å². The average molecular weight is 1370 g/mol. The summed E-state index contributed by atoms with van der Waals surface area (Å²) in [7, 11) is -22.4. The third-order valence-corrected chi connectivity index (χ3v) is 19.6. The fraction of sp³-hybridized carbons (Fsp3) is 0.474. The summed E-state index contributed by atoms with van der Waals surface area (Å²) in [6.07, 6.45) is 7.58. The van der Waals surface area contributed by atoms with Crippen LogP contribution in [0.4, 0.5) is 11.4 Å². The molecule has 500 valence electrons. The zero-order chi connectivity index (χ0) is 66.7. The summed E-state index contributed by atoms with van der Waals surface area (Å²) < 4.78 is 222. The van der Waals surface area contributed by atoms with Crippen LogP contribution in [0.2, 0.25) is 0 Å². The maximum atomic E-state index is 12.9. The number of nitrogens with zero attached hydrogens (tertiary/aromatic N) is 3. The van der Waals surface area contributed by atoms with Crippen LogP contribution in [-0.4, -0.2) is 210 Å². The van der Waals surface area contributed by atoms with Crippen molar-refractivity contribution in [1.82, 2.24) is 5.06 Å². The number of hydroxylamine groups is 2. The lowest BCUT2D eigenvalue weighted by Crippen LogP contribution is -2.32. The van der Waals surface area contributed by atoms with E-state index in [2.05, 4.69) is 0 Å². The van der Waals surface area contributed by atoms with E-state index in [4.69, 9.17) is 38.0 Å². The zero-order valence-corrected chi connectivity index (χ0v) is 54.1. The first kappa shape index (κ1) is 72.4. The topological polar surface area (TPSA) is 409 Å². The highest BCUT2D eigenvalue weighted by molar-refractivity contribution is 7.87. The summed E-state index contributed by atoms with van der Waals surface area (Å²) in [5.41, 5.74) is -0.342. The van der Waals surface area contributed by atoms with E-state index in [0.717, 1.165) is 12.1 Å². The lowest BCUT2D eigenvalue weighted by molar-refractivity contribution is -0.441. The second kappa shape index (κ2) is 30.4. The van der Waals surface area contributed by atoms with Crippen molar-refractivity contribution in [2.75, 3.05) is 117 Å². The number of anilines is 1. The minimum atomic E-state index is -5.41. The Labute approximate surface area is 526 Å². The van der Waals surface area contributed by atoms with Gasteiger partial charge >= 0.3 is 5.97 Å². The number of hydrogen-bond acceptors (Lipinski definition) is 23. The van der Waals surface area contributed by atoms with Crippen molar-refractivity contribution < 1.29 is 122 Å². The molecule has 0 spiro atoms. The predicted octanol–water partition coefficient (Wildman–Crippen LogP) is 4.20. The first-order valence-electron chi connectivity index (χ1n) is 28.2. The van der Waals surface area contributed by atoms with Gasteiger partial charge in [0.2, 0.25) is 5.69 Å². The molecule has 0 saturated carbocycles. The minimum Gasteiger partial charge on any atom is -0.744 e. The highest BCUT2D eigenvalue weighted by atomic mass is 32.2. The van der Waals surface area contributed by atoms with Gasteiger partial charge in [-0.2, -0.15) is 38.2 Å². The molecule has 29 nitrogen and oxygen atoms in total. The van der Waals surface area contributed by atoms with Crippen molar-refractivity contribution in [1.29, 1.82) is 0 Å². The molecule has 1 fully saturated rings. The number of amides is 2. The van der Waals surface area contributed by atoms with Gasteiger partial charge in [-0.25, -0.2) is 13.2 Å². The van der Waals surface area contributed by atoms with Gasteiger partial charge < -0.3 is 47.4 Å². The fourth-order valence-electron chi connectivity index (χ4n) is 11.2. The molecule has 7 rings (SSSR count). The Bertz CT molecular complexity index is 4120. The third kappa shape index (κ3) is 17.8. The Hall–Kier alpha value is -6.03. The van der Waals surface area contributed by atoms with Crippen molar-refractivity contribution in [3.8, 4) is 0 Å². The van der Waals surface area contributed by atoms with E-state index >= 15 is 0 Å². The van der Waals surface area contributed by atoms with Crippen molar-refractivity contribution in [3.05, 3.63) is 95.7 Å². The van der Waals surface area contributed by atoms with E-state index in [-0.39, 0.29) is 138 Å². The van der Waals surface area contributed by atoms with Crippen LogP contribution in [0.15, 0.2) is 104 Å². The molecular formula is C57H71N3O26S5. The largest absolute Gasteiger partial charge is 0.744 e. The number of rotatable bonds is 36. The number of fused-ring (bicyclic) bond motifs is 6. The molecule has 2 amide bonds. The number of carbonyl (C=O) groups excluding carboxylic acids is 3. The molecule has 2 unspecified atom stereocenters. The number of methoxy groups -OCH3 is 2. The molecule has 34 heteroatoms. The van der Waals surface area contributed by atoms with Crippen LogP contribution in [0.5, 0.6) is 0 Å². The number of allylic oxidation sites excluding steroid dienone is 6. The molecular weight excluding hydrogens is 1300 g/mol. The normalized spacial score (nSPS) is 18.8. The molecule has 0 radical (unpaired) electrons. The lowest BCUT2D eigenvalue weighted by atomic mass is 9.74. The van der Waals surface area contributed by atoms with Crippen LogP contribution in [-0.2, 0) is 114 Å². The molecule has 0 aromatic heterocycles. The van der Waals surface area contributed by atoms with Gasteiger partial charge in [-0.1, -0.05) is 24.3 Å². The number of benzene rings is 4. The number of imide groups is 1. The monoisotopic (exact) mass is 1370 g/mol. The Kier molecular flexibility index (Phi) is 24.2. The highest BCUT2D eigenvalue weighted by Crippen LogP contribution is 2.54. The van der Waals surface area contributed by atoms with E-state index in [0.29, 0.717) is 65.4 Å². The smallest absolute Gasteiger partial charge is 0.335 e. The Morgan fingerprint density at radius 3 is 1.71 bits per heavy atom. The molecule has 0 aliphatic carbocycles. The summed E-state index contributed by atoms with van der Waals surface area (Å²) in [5, 5.41) is 0.0651. The van der Waals surface area contributed by atoms with E-state index in [1.807, 2.05) is 4.90 Å². The molecule has 4 aromatic rings. The summed E-state index contributed by atoms with van der Waals surface area (Å²) >= 11 is 0. The summed E-state index contributed by atoms with van der Waals surface area (Å²) in [6.45, 7) is 5.01. The van der Waals surface area contributed by atoms with E-state index < -0.39 is 105 Å². The lowest BCUT2D eigenvalue weighted by Gasteiger charge is -2.31. The van der Waals surface area contributed by atoms with Gasteiger partial charge in [-0.15, -0.1) is 5.06 Å². The Morgan fingerprint density at radius 1 is 0.604 bits per heavy atom. The van der Waals surface area contributed by atoms with Gasteiger partial charge in [0.25, 0.3) is 52.3 Å². The zero-order valence-electron chi connectivity index (χ0n) is 50.0. The van der Waals surface area contributed by atoms with Gasteiger partial charge in [0.1, 0.15) is 21.6 Å². The van der Waals surface area contributed by atoms with Crippen LogP contribution in [0.25, 0.3) is 21.5 Å². The van der Waals surface area contributed by atoms with E-state index in [9.17, 15) is 79.2 Å². The molecule has 4 aromatic carbocycles. The maximum absolute atomic E-state index is 12.9. The summed E-state index contributed by atoms with van der Waals surface area (Å²) in [5.74, 6) is -2.87. The van der Waals surface area contributed by atoms with Crippen LogP contribution in [0.1, 0.15) is 63.5 Å². The van der Waals surface area contributed by atoms with Gasteiger partial charge in [-0.3, -0.25) is 27.8 Å². The molecule has 1 saturated heterocycles. The third-order valence-electron chi connectivity index (χ3n) is 15.4. The molecule has 0 bridgehead atoms. The van der Waals surface area contributed by atoms with Crippen LogP contribution in [0.3, 0.4) is 0 Å². The van der Waals surface area contributed by atoms with Gasteiger partial charge in [0, 0.05) is 80.1 Å². The van der Waals surface area contributed by atoms with Crippen molar-refractivity contribution in [3.63, 3.8) is 0 Å². The van der Waals surface area contributed by atoms with E-state index in [1.54, 1.807) is 62.0 Å². The van der Waals surface area contributed by atoms with Crippen molar-refractivity contribution >= 4 is 107 Å². The SMILES string of the molecule is COCCOCCOCCOCCC1(C)\C(=C/C=C/C=C/C2=[N+](CCOC)c3ccc4c(S(=O)(=O)O)cc(S(=O)(=O)O)cc4c3C2(C)CCCS(=O)(=O)O)N(CCOCCOCCC(=O)ON2C(=O)CCC2=O)c2ccc3c(S(=O)(=O)[O-])cc(S(=O)(=O)O)cc3c21. The Balaban J connectivity index is 1.30. The fourth-order valence-corrected chi connectivity index (χ4v) is 14.4. The molecule has 3 aliphatic rings. The van der Waals surface area contributed by atoms with Crippen LogP contribution >= 0.6 is 0 Å². The number of carbonyl (C=O) groups is 3. The van der Waals surface area contributed by atoms with Crippen molar-refractivity contribution in [2.45, 2.75) is 82.8 Å². The first-order chi connectivity index (χ1) is 42.8. The minimum absolute atomic E-state index is 0.00401. The quantitative estimate of drug-likeness (QED) is 0.0163. The average Bonchev–Trinajstić information content (AvgIpc) is 1.58.